The third-order valence-corrected chi connectivity index (χ3v) is 5.71. The number of imidazole rings is 1. The molecule has 4 rings (SSSR count). The van der Waals surface area contributed by atoms with Crippen LogP contribution in [0.2, 0.25) is 5.15 Å². The number of carbonyl (C=O) groups excluding carboxylic acids is 2. The highest BCUT2D eigenvalue weighted by Gasteiger charge is 2.39. The zero-order valence-electron chi connectivity index (χ0n) is 20.8. The highest BCUT2D eigenvalue weighted by atomic mass is 35.5. The van der Waals surface area contributed by atoms with E-state index < -0.39 is 34.8 Å². The molecule has 0 spiro atoms. The monoisotopic (exact) mass is 541 g/mol. The lowest BCUT2D eigenvalue weighted by atomic mass is 9.90. The van der Waals surface area contributed by atoms with Gasteiger partial charge in [-0.25, -0.2) is 23.5 Å². The van der Waals surface area contributed by atoms with Crippen molar-refractivity contribution in [1.82, 2.24) is 19.9 Å². The zero-order valence-corrected chi connectivity index (χ0v) is 21.5. The van der Waals surface area contributed by atoms with Crippen LogP contribution in [0.3, 0.4) is 0 Å². The van der Waals surface area contributed by atoms with Crippen LogP contribution < -0.4 is 10.6 Å². The molecule has 2 aromatic heterocycles. The molecule has 2 amide bonds. The van der Waals surface area contributed by atoms with Gasteiger partial charge in [0.05, 0.1) is 12.7 Å². The van der Waals surface area contributed by atoms with E-state index in [1.165, 1.54) is 22.8 Å². The second kappa shape index (κ2) is 9.83. The first-order chi connectivity index (χ1) is 17.8. The van der Waals surface area contributed by atoms with Crippen molar-refractivity contribution in [2.24, 2.45) is 4.99 Å². The smallest absolute Gasteiger partial charge is 0.413 e. The van der Waals surface area contributed by atoms with Crippen molar-refractivity contribution >= 4 is 35.1 Å². The average molecular weight is 542 g/mol. The molecule has 0 fully saturated rings. The van der Waals surface area contributed by atoms with Crippen molar-refractivity contribution in [3.8, 4) is 6.07 Å². The first kappa shape index (κ1) is 26.7. The van der Waals surface area contributed by atoms with E-state index in [1.807, 2.05) is 6.07 Å². The number of hydrogen-bond donors (Lipinski definition) is 2. The van der Waals surface area contributed by atoms with E-state index in [0.29, 0.717) is 0 Å². The number of pyridine rings is 1. The van der Waals surface area contributed by atoms with Gasteiger partial charge in [-0.1, -0.05) is 11.6 Å². The van der Waals surface area contributed by atoms with Gasteiger partial charge in [0, 0.05) is 11.3 Å². The number of aliphatic imine (C=N–C) groups is 1. The maximum Gasteiger partial charge on any atom is 0.413 e. The molecule has 13 heteroatoms. The number of alkyl carbamates (subject to hydrolysis) is 1. The third-order valence-electron chi connectivity index (χ3n) is 5.45. The molecule has 38 heavy (non-hydrogen) atoms. The first-order valence-corrected chi connectivity index (χ1v) is 11.7. The SMILES string of the molecule is CC(C)(C)OC(=O)NC1=NC(C)(c2cc(NC(=O)c3ccc(F)cn3)ccc2F)Cn2c1nc(Cl)c2C#N. The van der Waals surface area contributed by atoms with Crippen molar-refractivity contribution in [3.63, 3.8) is 0 Å². The van der Waals surface area contributed by atoms with Crippen LogP contribution in [-0.4, -0.2) is 38.0 Å². The summed E-state index contributed by atoms with van der Waals surface area (Å²) < 4.78 is 35.1. The molecule has 10 nitrogen and oxygen atoms in total. The van der Waals surface area contributed by atoms with Gasteiger partial charge < -0.3 is 14.6 Å². The fourth-order valence-electron chi connectivity index (χ4n) is 3.86. The maximum absolute atomic E-state index is 15.2. The lowest BCUT2D eigenvalue weighted by molar-refractivity contribution is 0.0562. The Bertz CT molecular complexity index is 1510. The molecule has 196 valence electrons. The summed E-state index contributed by atoms with van der Waals surface area (Å²) in [5.41, 5.74) is -1.98. The Morgan fingerprint density at radius 2 is 1.95 bits per heavy atom. The number of rotatable bonds is 3. The summed E-state index contributed by atoms with van der Waals surface area (Å²) in [6.07, 6.45) is 0.0701. The summed E-state index contributed by atoms with van der Waals surface area (Å²) in [5.74, 6) is -1.87. The number of nitrogens with one attached hydrogen (secondary N) is 2. The molecule has 3 aromatic rings. The van der Waals surface area contributed by atoms with Gasteiger partial charge in [0.1, 0.15) is 34.5 Å². The van der Waals surface area contributed by atoms with Crippen LogP contribution in [0.5, 0.6) is 0 Å². The van der Waals surface area contributed by atoms with Gasteiger partial charge in [0.2, 0.25) is 0 Å². The van der Waals surface area contributed by atoms with Gasteiger partial charge in [-0.05, 0) is 58.0 Å². The summed E-state index contributed by atoms with van der Waals surface area (Å²) in [7, 11) is 0. The Hall–Kier alpha value is -4.37. The van der Waals surface area contributed by atoms with Crippen LogP contribution in [0.4, 0.5) is 19.3 Å². The number of hydrogen-bond acceptors (Lipinski definition) is 7. The summed E-state index contributed by atoms with van der Waals surface area (Å²) >= 11 is 6.16. The second-order valence-electron chi connectivity index (χ2n) is 9.64. The topological polar surface area (TPSA) is 134 Å². The van der Waals surface area contributed by atoms with Gasteiger partial charge in [0.15, 0.2) is 22.5 Å². The van der Waals surface area contributed by atoms with E-state index in [-0.39, 0.29) is 46.0 Å². The van der Waals surface area contributed by atoms with Crippen LogP contribution in [-0.2, 0) is 16.8 Å². The van der Waals surface area contributed by atoms with E-state index in [1.54, 1.807) is 27.7 Å². The molecule has 0 bridgehead atoms. The number of halogens is 3. The number of amides is 2. The number of fused-ring (bicyclic) bond motifs is 1. The minimum Gasteiger partial charge on any atom is -0.444 e. The standard InChI is InChI=1S/C25H22ClF2N7O3/c1-24(2,3)38-23(37)33-20-21-32-19(26)18(10-29)35(21)12-25(4,34-20)15-9-14(6-7-16(15)28)31-22(36)17-8-5-13(27)11-30-17/h5-9,11H,12H2,1-4H3,(H,31,36)(H,33,34,37). The van der Waals surface area contributed by atoms with Crippen molar-refractivity contribution in [2.75, 3.05) is 5.32 Å². The third kappa shape index (κ3) is 5.47. The fourth-order valence-corrected chi connectivity index (χ4v) is 4.08. The molecule has 0 radical (unpaired) electrons. The highest BCUT2D eigenvalue weighted by Crippen LogP contribution is 2.36. The summed E-state index contributed by atoms with van der Waals surface area (Å²) in [4.78, 5) is 37.6. The Balaban J connectivity index is 1.74. The second-order valence-corrected chi connectivity index (χ2v) is 10.0. The Morgan fingerprint density at radius 1 is 1.21 bits per heavy atom. The molecule has 3 heterocycles. The predicted molar refractivity (Wildman–Crippen MR) is 134 cm³/mol. The molecule has 1 unspecified atom stereocenters. The minimum absolute atomic E-state index is 0.00136. The number of aromatic nitrogens is 3. The van der Waals surface area contributed by atoms with Gasteiger partial charge in [-0.15, -0.1) is 0 Å². The van der Waals surface area contributed by atoms with E-state index >= 15 is 4.39 Å². The predicted octanol–water partition coefficient (Wildman–Crippen LogP) is 4.53. The van der Waals surface area contributed by atoms with Crippen LogP contribution in [0, 0.1) is 23.0 Å². The number of nitrogens with zero attached hydrogens (tertiary/aromatic N) is 5. The van der Waals surface area contributed by atoms with E-state index in [2.05, 4.69) is 25.6 Å². The van der Waals surface area contributed by atoms with Crippen molar-refractivity contribution < 1.29 is 23.1 Å². The van der Waals surface area contributed by atoms with Gasteiger partial charge in [0.25, 0.3) is 5.91 Å². The van der Waals surface area contributed by atoms with Crippen LogP contribution in [0.25, 0.3) is 0 Å². The van der Waals surface area contributed by atoms with Gasteiger partial charge in [-0.2, -0.15) is 5.26 Å². The first-order valence-electron chi connectivity index (χ1n) is 11.3. The minimum atomic E-state index is -1.38. The van der Waals surface area contributed by atoms with Crippen LogP contribution in [0.15, 0.2) is 41.5 Å². The molecule has 0 aliphatic carbocycles. The van der Waals surface area contributed by atoms with E-state index in [9.17, 15) is 19.2 Å². The number of benzene rings is 1. The van der Waals surface area contributed by atoms with Crippen molar-refractivity contribution in [2.45, 2.75) is 45.4 Å². The molecule has 1 aromatic carbocycles. The molecular weight excluding hydrogens is 520 g/mol. The van der Waals surface area contributed by atoms with E-state index in [4.69, 9.17) is 16.3 Å². The summed E-state index contributed by atoms with van der Waals surface area (Å²) in [6, 6.07) is 8.13. The van der Waals surface area contributed by atoms with Crippen molar-refractivity contribution in [1.29, 1.82) is 5.26 Å². The summed E-state index contributed by atoms with van der Waals surface area (Å²) in [5, 5.41) is 14.7. The number of nitriles is 1. The Morgan fingerprint density at radius 3 is 2.58 bits per heavy atom. The molecule has 0 saturated heterocycles. The number of amidine groups is 1. The van der Waals surface area contributed by atoms with Crippen LogP contribution in [0.1, 0.15) is 55.3 Å². The maximum atomic E-state index is 15.2. The fraction of sp³-hybridized carbons (Fsp3) is 0.280. The number of ether oxygens (including phenoxy) is 1. The van der Waals surface area contributed by atoms with E-state index in [0.717, 1.165) is 18.3 Å². The molecule has 1 atom stereocenters. The zero-order chi connectivity index (χ0) is 27.8. The normalized spacial score (nSPS) is 16.6. The summed E-state index contributed by atoms with van der Waals surface area (Å²) in [6.45, 7) is 6.58. The Labute approximate surface area is 221 Å². The molecule has 1 aliphatic heterocycles. The molecule has 1 aliphatic rings. The number of anilines is 1. The van der Waals surface area contributed by atoms with Crippen molar-refractivity contribution in [3.05, 3.63) is 76.1 Å². The quantitative estimate of drug-likeness (QED) is 0.500. The lowest BCUT2D eigenvalue weighted by Gasteiger charge is -2.33. The van der Waals surface area contributed by atoms with Gasteiger partial charge in [-0.3, -0.25) is 15.1 Å². The lowest BCUT2D eigenvalue weighted by Crippen LogP contribution is -2.44. The highest BCUT2D eigenvalue weighted by molar-refractivity contribution is 6.30. The largest absolute Gasteiger partial charge is 0.444 e. The Kier molecular flexibility index (Phi) is 6.90. The number of carbonyl (C=O) groups is 2. The average Bonchev–Trinajstić information content (AvgIpc) is 3.14. The molecule has 0 saturated carbocycles. The molecule has 2 N–H and O–H groups in total. The van der Waals surface area contributed by atoms with Gasteiger partial charge >= 0.3 is 6.09 Å². The van der Waals surface area contributed by atoms with Crippen LogP contribution >= 0.6 is 11.6 Å². The molecular formula is C25H22ClF2N7O3.